The largest absolute Gasteiger partial charge is 0.480 e. The molecule has 0 fully saturated rings. The Morgan fingerprint density at radius 1 is 1.20 bits per heavy atom. The molecule has 0 radical (unpaired) electrons. The summed E-state index contributed by atoms with van der Waals surface area (Å²) < 4.78 is 0. The zero-order valence-electron chi connectivity index (χ0n) is 11.9. The van der Waals surface area contributed by atoms with E-state index in [4.69, 9.17) is 5.11 Å². The fraction of sp³-hybridized carbons (Fsp3) is 0.750. The highest BCUT2D eigenvalue weighted by Gasteiger charge is 2.18. The smallest absolute Gasteiger partial charge is 0.326 e. The number of hydrogen-bond acceptors (Lipinski definition) is 4. The van der Waals surface area contributed by atoms with Crippen LogP contribution in [0.5, 0.6) is 0 Å². The van der Waals surface area contributed by atoms with Crippen molar-refractivity contribution in [3.8, 4) is 0 Å². The summed E-state index contributed by atoms with van der Waals surface area (Å²) in [4.78, 5) is 33.7. The number of rotatable bonds is 10. The zero-order valence-corrected chi connectivity index (χ0v) is 12.7. The lowest BCUT2D eigenvalue weighted by Crippen LogP contribution is -2.46. The molecule has 0 aromatic rings. The van der Waals surface area contributed by atoms with Crippen LogP contribution in [0.15, 0.2) is 0 Å². The minimum Gasteiger partial charge on any atom is -0.480 e. The summed E-state index contributed by atoms with van der Waals surface area (Å²) in [5, 5.41) is 16.5. The van der Waals surface area contributed by atoms with Crippen LogP contribution in [0.1, 0.15) is 26.2 Å². The molecule has 8 heteroatoms. The molecule has 0 saturated carbocycles. The van der Waals surface area contributed by atoms with Gasteiger partial charge >= 0.3 is 12.0 Å². The number of hydrogen-bond donors (Lipinski definition) is 4. The van der Waals surface area contributed by atoms with E-state index in [2.05, 4.69) is 16.0 Å². The van der Waals surface area contributed by atoms with Crippen molar-refractivity contribution in [1.82, 2.24) is 16.0 Å². The number of aliphatic carboxylic acids is 1. The second-order valence-corrected chi connectivity index (χ2v) is 5.16. The quantitative estimate of drug-likeness (QED) is 0.467. The molecule has 0 saturated heterocycles. The molecular weight excluding hydrogens is 282 g/mol. The number of nitrogens with one attached hydrogen (secondary N) is 3. The highest BCUT2D eigenvalue weighted by atomic mass is 32.2. The average molecular weight is 305 g/mol. The van der Waals surface area contributed by atoms with Crippen molar-refractivity contribution in [2.45, 2.75) is 32.2 Å². The number of carboxylic acid groups (broad SMARTS) is 1. The van der Waals surface area contributed by atoms with E-state index in [1.54, 1.807) is 0 Å². The molecule has 1 atom stereocenters. The van der Waals surface area contributed by atoms with Crippen molar-refractivity contribution in [2.75, 3.05) is 25.1 Å². The van der Waals surface area contributed by atoms with E-state index in [0.717, 1.165) is 6.42 Å². The van der Waals surface area contributed by atoms with Gasteiger partial charge in [-0.2, -0.15) is 11.8 Å². The number of amides is 3. The van der Waals surface area contributed by atoms with Crippen LogP contribution in [0.3, 0.4) is 0 Å². The minimum absolute atomic E-state index is 0.135. The van der Waals surface area contributed by atoms with E-state index < -0.39 is 18.0 Å². The number of thioether (sulfide) groups is 1. The van der Waals surface area contributed by atoms with Gasteiger partial charge in [-0.1, -0.05) is 6.92 Å². The molecule has 0 aliphatic carbocycles. The lowest BCUT2D eigenvalue weighted by atomic mass is 10.2. The van der Waals surface area contributed by atoms with Gasteiger partial charge in [0.15, 0.2) is 0 Å². The third-order valence-electron chi connectivity index (χ3n) is 2.42. The zero-order chi connectivity index (χ0) is 15.4. The molecule has 20 heavy (non-hydrogen) atoms. The van der Waals surface area contributed by atoms with Crippen LogP contribution in [0.4, 0.5) is 4.79 Å². The standard InChI is InChI=1S/C12H23N3O4S/c1-3-6-13-10(16)4-7-14-12(19)15-9(11(17)18)5-8-20-2/h9H,3-8H2,1-2H3,(H,13,16)(H,17,18)(H2,14,15,19)/t9-/m0/s1. The second kappa shape index (κ2) is 11.4. The first-order chi connectivity index (χ1) is 9.51. The Morgan fingerprint density at radius 2 is 1.90 bits per heavy atom. The van der Waals surface area contributed by atoms with Gasteiger partial charge in [0, 0.05) is 19.5 Å². The number of carbonyl (C=O) groups excluding carboxylic acids is 2. The van der Waals surface area contributed by atoms with Crippen molar-refractivity contribution < 1.29 is 19.5 Å². The third kappa shape index (κ3) is 9.48. The van der Waals surface area contributed by atoms with Crippen LogP contribution in [0, 0.1) is 0 Å². The fourth-order valence-corrected chi connectivity index (χ4v) is 1.82. The molecule has 0 rings (SSSR count). The highest BCUT2D eigenvalue weighted by Crippen LogP contribution is 2.00. The molecule has 0 aromatic heterocycles. The first kappa shape index (κ1) is 18.6. The minimum atomic E-state index is -1.06. The third-order valence-corrected chi connectivity index (χ3v) is 3.07. The van der Waals surface area contributed by atoms with Crippen molar-refractivity contribution in [2.24, 2.45) is 0 Å². The van der Waals surface area contributed by atoms with Gasteiger partial charge in [0.05, 0.1) is 0 Å². The molecule has 0 aromatic carbocycles. The Kier molecular flexibility index (Phi) is 10.6. The van der Waals surface area contributed by atoms with Crippen LogP contribution >= 0.6 is 11.8 Å². The molecule has 0 unspecified atom stereocenters. The molecule has 0 spiro atoms. The summed E-state index contributed by atoms with van der Waals surface area (Å²) in [6.07, 6.45) is 3.26. The normalized spacial score (nSPS) is 11.5. The summed E-state index contributed by atoms with van der Waals surface area (Å²) in [5.74, 6) is -0.546. The van der Waals surface area contributed by atoms with E-state index in [1.807, 2.05) is 13.2 Å². The predicted octanol–water partition coefficient (Wildman–Crippen LogP) is 0.408. The molecule has 0 bridgehead atoms. The lowest BCUT2D eigenvalue weighted by molar-refractivity contribution is -0.139. The fourth-order valence-electron chi connectivity index (χ4n) is 1.34. The van der Waals surface area contributed by atoms with Gasteiger partial charge in [-0.05, 0) is 24.9 Å². The molecule has 4 N–H and O–H groups in total. The Hall–Kier alpha value is -1.44. The van der Waals surface area contributed by atoms with Gasteiger partial charge in [-0.15, -0.1) is 0 Å². The summed E-state index contributed by atoms with van der Waals surface area (Å²) in [6.45, 7) is 2.74. The van der Waals surface area contributed by atoms with Crippen LogP contribution in [0.25, 0.3) is 0 Å². The van der Waals surface area contributed by atoms with Gasteiger partial charge in [0.1, 0.15) is 6.04 Å². The molecule has 7 nitrogen and oxygen atoms in total. The maximum absolute atomic E-state index is 11.5. The Bertz CT molecular complexity index is 326. The summed E-state index contributed by atoms with van der Waals surface area (Å²) in [7, 11) is 0. The Morgan fingerprint density at radius 3 is 2.45 bits per heavy atom. The van der Waals surface area contributed by atoms with E-state index in [-0.39, 0.29) is 18.9 Å². The van der Waals surface area contributed by atoms with Crippen molar-refractivity contribution in [1.29, 1.82) is 0 Å². The summed E-state index contributed by atoms with van der Waals surface area (Å²) >= 11 is 1.52. The van der Waals surface area contributed by atoms with Crippen molar-refractivity contribution >= 4 is 29.7 Å². The van der Waals surface area contributed by atoms with Crippen LogP contribution in [0.2, 0.25) is 0 Å². The van der Waals surface area contributed by atoms with Crippen molar-refractivity contribution in [3.63, 3.8) is 0 Å². The maximum atomic E-state index is 11.5. The van der Waals surface area contributed by atoms with Gasteiger partial charge < -0.3 is 21.1 Å². The average Bonchev–Trinajstić information content (AvgIpc) is 2.40. The topological polar surface area (TPSA) is 108 Å². The van der Waals surface area contributed by atoms with Gasteiger partial charge in [0.2, 0.25) is 5.91 Å². The van der Waals surface area contributed by atoms with Crippen LogP contribution in [-0.2, 0) is 9.59 Å². The molecular formula is C12H23N3O4S. The highest BCUT2D eigenvalue weighted by molar-refractivity contribution is 7.98. The maximum Gasteiger partial charge on any atom is 0.326 e. The van der Waals surface area contributed by atoms with E-state index in [9.17, 15) is 14.4 Å². The number of carbonyl (C=O) groups is 3. The first-order valence-corrected chi connectivity index (χ1v) is 7.93. The molecule has 0 heterocycles. The Labute approximate surface area is 123 Å². The first-order valence-electron chi connectivity index (χ1n) is 6.54. The number of carboxylic acids is 1. The second-order valence-electron chi connectivity index (χ2n) is 4.17. The van der Waals surface area contributed by atoms with E-state index in [1.165, 1.54) is 11.8 Å². The summed E-state index contributed by atoms with van der Waals surface area (Å²) in [5.41, 5.74) is 0. The SMILES string of the molecule is CCCNC(=O)CCNC(=O)N[C@@H](CCSC)C(=O)O. The number of urea groups is 1. The van der Waals surface area contributed by atoms with Crippen LogP contribution < -0.4 is 16.0 Å². The van der Waals surface area contributed by atoms with E-state index in [0.29, 0.717) is 18.7 Å². The van der Waals surface area contributed by atoms with Crippen LogP contribution in [-0.4, -0.2) is 54.2 Å². The lowest BCUT2D eigenvalue weighted by Gasteiger charge is -2.14. The predicted molar refractivity (Wildman–Crippen MR) is 78.9 cm³/mol. The molecule has 0 aliphatic heterocycles. The van der Waals surface area contributed by atoms with Gasteiger partial charge in [0.25, 0.3) is 0 Å². The molecule has 3 amide bonds. The molecule has 116 valence electrons. The Balaban J connectivity index is 3.90. The summed E-state index contributed by atoms with van der Waals surface area (Å²) in [6, 6.07) is -1.47. The van der Waals surface area contributed by atoms with E-state index >= 15 is 0 Å². The van der Waals surface area contributed by atoms with Gasteiger partial charge in [-0.3, -0.25) is 4.79 Å². The van der Waals surface area contributed by atoms with Gasteiger partial charge in [-0.25, -0.2) is 9.59 Å². The van der Waals surface area contributed by atoms with Crippen molar-refractivity contribution in [3.05, 3.63) is 0 Å². The molecule has 0 aliphatic rings. The monoisotopic (exact) mass is 305 g/mol.